The average molecular weight is 188 g/mol. The fourth-order valence-corrected chi connectivity index (χ4v) is 1.55. The van der Waals surface area contributed by atoms with E-state index in [-0.39, 0.29) is 5.75 Å². The Balaban J connectivity index is 2.84. The van der Waals surface area contributed by atoms with Crippen molar-refractivity contribution in [2.75, 3.05) is 0 Å². The van der Waals surface area contributed by atoms with Crippen molar-refractivity contribution in [2.24, 2.45) is 0 Å². The topological polar surface area (TPSA) is 46.0 Å². The molecule has 2 aromatic heterocycles. The zero-order valence-electron chi connectivity index (χ0n) is 8.28. The molecule has 2 aromatic rings. The molecule has 2 rings (SSSR count). The van der Waals surface area contributed by atoms with Crippen LogP contribution in [0.5, 0.6) is 5.75 Å². The Morgan fingerprint density at radius 2 is 2.14 bits per heavy atom. The third-order valence-corrected chi connectivity index (χ3v) is 2.29. The van der Waals surface area contributed by atoms with Gasteiger partial charge in [-0.3, -0.25) is 9.97 Å². The van der Waals surface area contributed by atoms with Gasteiger partial charge in [-0.2, -0.15) is 0 Å². The van der Waals surface area contributed by atoms with Crippen LogP contribution in [0.25, 0.3) is 11.0 Å². The van der Waals surface area contributed by atoms with Gasteiger partial charge in [0.05, 0.1) is 17.2 Å². The molecule has 3 heteroatoms. The van der Waals surface area contributed by atoms with E-state index in [1.165, 1.54) is 6.20 Å². The van der Waals surface area contributed by atoms with Gasteiger partial charge >= 0.3 is 0 Å². The number of aryl methyl sites for hydroxylation is 2. The highest BCUT2D eigenvalue weighted by molar-refractivity contribution is 5.79. The van der Waals surface area contributed by atoms with E-state index in [9.17, 15) is 5.11 Å². The summed E-state index contributed by atoms with van der Waals surface area (Å²) in [5, 5.41) is 9.60. The van der Waals surface area contributed by atoms with Crippen LogP contribution in [0, 0.1) is 6.92 Å². The molecule has 1 N–H and O–H groups in total. The van der Waals surface area contributed by atoms with E-state index in [4.69, 9.17) is 0 Å². The van der Waals surface area contributed by atoms with Crippen molar-refractivity contribution in [2.45, 2.75) is 20.3 Å². The molecule has 0 aliphatic carbocycles. The molecule has 14 heavy (non-hydrogen) atoms. The van der Waals surface area contributed by atoms with Crippen molar-refractivity contribution in [3.8, 4) is 5.75 Å². The lowest BCUT2D eigenvalue weighted by atomic mass is 10.1. The van der Waals surface area contributed by atoms with E-state index in [1.807, 2.05) is 26.0 Å². The van der Waals surface area contributed by atoms with Crippen molar-refractivity contribution in [3.05, 3.63) is 29.6 Å². The van der Waals surface area contributed by atoms with E-state index in [0.717, 1.165) is 28.7 Å². The number of fused-ring (bicyclic) bond motifs is 1. The zero-order valence-corrected chi connectivity index (χ0v) is 8.28. The van der Waals surface area contributed by atoms with Gasteiger partial charge in [-0.1, -0.05) is 6.92 Å². The Morgan fingerprint density at radius 3 is 2.86 bits per heavy atom. The van der Waals surface area contributed by atoms with E-state index in [0.29, 0.717) is 0 Å². The summed E-state index contributed by atoms with van der Waals surface area (Å²) in [5.74, 6) is 0.234. The second-order valence-corrected chi connectivity index (χ2v) is 3.30. The lowest BCUT2D eigenvalue weighted by Crippen LogP contribution is -1.92. The molecule has 0 amide bonds. The normalized spacial score (nSPS) is 10.7. The number of hydrogen-bond donors (Lipinski definition) is 1. The van der Waals surface area contributed by atoms with Gasteiger partial charge in [0.25, 0.3) is 0 Å². The first-order valence-corrected chi connectivity index (χ1v) is 4.66. The quantitative estimate of drug-likeness (QED) is 0.746. The largest absolute Gasteiger partial charge is 0.506 e. The maximum atomic E-state index is 9.60. The summed E-state index contributed by atoms with van der Waals surface area (Å²) < 4.78 is 0. The SMILES string of the molecule is CCc1c(O)cnc2ccc(C)nc12. The molecule has 0 aliphatic rings. The first-order chi connectivity index (χ1) is 6.72. The fourth-order valence-electron chi connectivity index (χ4n) is 1.55. The second kappa shape index (κ2) is 3.25. The van der Waals surface area contributed by atoms with Gasteiger partial charge in [-0.05, 0) is 25.5 Å². The predicted octanol–water partition coefficient (Wildman–Crippen LogP) is 2.21. The Hall–Kier alpha value is -1.64. The maximum absolute atomic E-state index is 9.60. The summed E-state index contributed by atoms with van der Waals surface area (Å²) in [6, 6.07) is 3.85. The monoisotopic (exact) mass is 188 g/mol. The number of nitrogens with zero attached hydrogens (tertiary/aromatic N) is 2. The molecule has 0 radical (unpaired) electrons. The Labute approximate surface area is 82.4 Å². The summed E-state index contributed by atoms with van der Waals surface area (Å²) in [6.07, 6.45) is 2.25. The van der Waals surface area contributed by atoms with Crippen LogP contribution in [0.4, 0.5) is 0 Å². The Bertz CT molecular complexity index is 475. The first-order valence-electron chi connectivity index (χ1n) is 4.66. The molecular formula is C11H12N2O. The summed E-state index contributed by atoms with van der Waals surface area (Å²) in [4.78, 5) is 8.50. The summed E-state index contributed by atoms with van der Waals surface area (Å²) >= 11 is 0. The Morgan fingerprint density at radius 1 is 1.36 bits per heavy atom. The molecule has 3 nitrogen and oxygen atoms in total. The van der Waals surface area contributed by atoms with Gasteiger partial charge in [0.15, 0.2) is 0 Å². The van der Waals surface area contributed by atoms with Crippen LogP contribution in [0.15, 0.2) is 18.3 Å². The molecule has 0 unspecified atom stereocenters. The van der Waals surface area contributed by atoms with E-state index in [1.54, 1.807) is 0 Å². The van der Waals surface area contributed by atoms with Crippen molar-refractivity contribution >= 4 is 11.0 Å². The molecule has 0 aromatic carbocycles. The van der Waals surface area contributed by atoms with Crippen LogP contribution in [-0.2, 0) is 6.42 Å². The van der Waals surface area contributed by atoms with Crippen molar-refractivity contribution in [1.82, 2.24) is 9.97 Å². The zero-order chi connectivity index (χ0) is 10.1. The first kappa shape index (κ1) is 8.94. The van der Waals surface area contributed by atoms with Crippen LogP contribution in [-0.4, -0.2) is 15.1 Å². The van der Waals surface area contributed by atoms with Gasteiger partial charge in [0.1, 0.15) is 5.75 Å². The standard InChI is InChI=1S/C11H12N2O/c1-3-8-10(14)6-12-9-5-4-7(2)13-11(8)9/h4-6,14H,3H2,1-2H3. The fraction of sp³-hybridized carbons (Fsp3) is 0.273. The van der Waals surface area contributed by atoms with Gasteiger partial charge < -0.3 is 5.11 Å². The number of aromatic hydroxyl groups is 1. The predicted molar refractivity (Wildman–Crippen MR) is 55.3 cm³/mol. The van der Waals surface area contributed by atoms with Crippen molar-refractivity contribution in [3.63, 3.8) is 0 Å². The average Bonchev–Trinajstić information content (AvgIpc) is 2.17. The molecule has 72 valence electrons. The minimum atomic E-state index is 0.234. The lowest BCUT2D eigenvalue weighted by molar-refractivity contribution is 0.467. The number of rotatable bonds is 1. The highest BCUT2D eigenvalue weighted by Crippen LogP contribution is 2.23. The maximum Gasteiger partial charge on any atom is 0.139 e. The van der Waals surface area contributed by atoms with Crippen molar-refractivity contribution < 1.29 is 5.11 Å². The lowest BCUT2D eigenvalue weighted by Gasteiger charge is -2.05. The van der Waals surface area contributed by atoms with E-state index >= 15 is 0 Å². The molecule has 0 atom stereocenters. The third kappa shape index (κ3) is 1.31. The summed E-state index contributed by atoms with van der Waals surface area (Å²) in [5.41, 5.74) is 3.47. The smallest absolute Gasteiger partial charge is 0.139 e. The minimum absolute atomic E-state index is 0.234. The molecule has 0 bridgehead atoms. The third-order valence-electron chi connectivity index (χ3n) is 2.29. The van der Waals surface area contributed by atoms with Gasteiger partial charge in [-0.25, -0.2) is 0 Å². The molecule has 0 fully saturated rings. The molecule has 0 saturated carbocycles. The minimum Gasteiger partial charge on any atom is -0.506 e. The highest BCUT2D eigenvalue weighted by Gasteiger charge is 2.07. The van der Waals surface area contributed by atoms with Crippen LogP contribution in [0.3, 0.4) is 0 Å². The molecule has 0 aliphatic heterocycles. The highest BCUT2D eigenvalue weighted by atomic mass is 16.3. The number of aromatic nitrogens is 2. The van der Waals surface area contributed by atoms with E-state index in [2.05, 4.69) is 9.97 Å². The van der Waals surface area contributed by atoms with E-state index < -0.39 is 0 Å². The molecular weight excluding hydrogens is 176 g/mol. The van der Waals surface area contributed by atoms with Crippen LogP contribution >= 0.6 is 0 Å². The van der Waals surface area contributed by atoms with Gasteiger partial charge in [0.2, 0.25) is 0 Å². The number of hydrogen-bond acceptors (Lipinski definition) is 3. The molecule has 0 spiro atoms. The van der Waals surface area contributed by atoms with Gasteiger partial charge in [-0.15, -0.1) is 0 Å². The van der Waals surface area contributed by atoms with Crippen LogP contribution in [0.2, 0.25) is 0 Å². The molecule has 0 saturated heterocycles. The summed E-state index contributed by atoms with van der Waals surface area (Å²) in [7, 11) is 0. The van der Waals surface area contributed by atoms with Gasteiger partial charge in [0, 0.05) is 11.3 Å². The molecule has 2 heterocycles. The van der Waals surface area contributed by atoms with Crippen LogP contribution < -0.4 is 0 Å². The second-order valence-electron chi connectivity index (χ2n) is 3.30. The Kier molecular flexibility index (Phi) is 2.08. The summed E-state index contributed by atoms with van der Waals surface area (Å²) in [6.45, 7) is 3.93. The van der Waals surface area contributed by atoms with Crippen LogP contribution in [0.1, 0.15) is 18.2 Å². The van der Waals surface area contributed by atoms with Crippen molar-refractivity contribution in [1.29, 1.82) is 0 Å². The number of pyridine rings is 2.